The molecule has 0 aromatic rings. The number of ether oxygens (including phenoxy) is 1. The highest BCUT2D eigenvalue weighted by atomic mass is 32.2. The van der Waals surface area contributed by atoms with E-state index in [4.69, 9.17) is 4.74 Å². The summed E-state index contributed by atoms with van der Waals surface area (Å²) in [4.78, 5) is 23.8. The second kappa shape index (κ2) is 9.14. The average molecular weight is 396 g/mol. The number of carbonyl (C=O) groups is 2. The highest BCUT2D eigenvalue weighted by Gasteiger charge is 2.42. The maximum absolute atomic E-state index is 12.4. The molecule has 0 radical (unpaired) electrons. The number of rotatable bonds is 12. The van der Waals surface area contributed by atoms with Crippen LogP contribution >= 0.6 is 0 Å². The first-order valence-corrected chi connectivity index (χ1v) is 10.3. The van der Waals surface area contributed by atoms with Crippen molar-refractivity contribution in [2.75, 3.05) is 39.5 Å². The third kappa shape index (κ3) is 8.95. The zero-order chi connectivity index (χ0) is 20.8. The third-order valence-electron chi connectivity index (χ3n) is 4.77. The van der Waals surface area contributed by atoms with Crippen molar-refractivity contribution in [1.82, 2.24) is 0 Å². The number of esters is 1. The van der Waals surface area contributed by atoms with Gasteiger partial charge in [0.2, 0.25) is 0 Å². The molecule has 9 heteroatoms. The van der Waals surface area contributed by atoms with E-state index in [0.29, 0.717) is 24.0 Å². The molecule has 8 nitrogen and oxygen atoms in total. The number of carbonyl (C=O) groups excluding carboxylic acids is 1. The van der Waals surface area contributed by atoms with E-state index in [-0.39, 0.29) is 19.4 Å². The Morgan fingerprint density at radius 2 is 1.69 bits per heavy atom. The van der Waals surface area contributed by atoms with Gasteiger partial charge in [-0.25, -0.2) is 8.42 Å². The molecule has 0 aliphatic heterocycles. The number of hydrogen-bond acceptors (Lipinski definition) is 6. The Bertz CT molecular complexity index is 598. The van der Waals surface area contributed by atoms with E-state index in [9.17, 15) is 27.7 Å². The Hall–Kier alpha value is -1.19. The van der Waals surface area contributed by atoms with Crippen molar-refractivity contribution in [1.29, 1.82) is 0 Å². The van der Waals surface area contributed by atoms with Gasteiger partial charge in [0, 0.05) is 12.2 Å². The molecule has 0 aromatic heterocycles. The molecule has 0 aromatic carbocycles. The van der Waals surface area contributed by atoms with Crippen molar-refractivity contribution in [3.05, 3.63) is 0 Å². The molecule has 0 aliphatic rings. The Kier molecular flexibility index (Phi) is 8.72. The minimum atomic E-state index is -4.22. The van der Waals surface area contributed by atoms with E-state index in [0.717, 1.165) is 0 Å². The Morgan fingerprint density at radius 1 is 1.15 bits per heavy atom. The van der Waals surface area contributed by atoms with Gasteiger partial charge in [-0.05, 0) is 33.6 Å². The van der Waals surface area contributed by atoms with Gasteiger partial charge in [0.1, 0.15) is 13.2 Å². The predicted molar refractivity (Wildman–Crippen MR) is 96.4 cm³/mol. The summed E-state index contributed by atoms with van der Waals surface area (Å²) < 4.78 is 37.7. The summed E-state index contributed by atoms with van der Waals surface area (Å²) in [7, 11) is -0.508. The highest BCUT2D eigenvalue weighted by molar-refractivity contribution is 7.85. The minimum absolute atomic E-state index is 0.134. The Labute approximate surface area is 156 Å². The van der Waals surface area contributed by atoms with E-state index in [1.54, 1.807) is 27.7 Å². The maximum atomic E-state index is 12.4. The topological polar surface area (TPSA) is 121 Å². The Morgan fingerprint density at radius 3 is 2.12 bits per heavy atom. The molecule has 0 amide bonds. The van der Waals surface area contributed by atoms with Crippen LogP contribution in [0.3, 0.4) is 0 Å². The first-order valence-electron chi connectivity index (χ1n) is 8.71. The number of hydrogen-bond donors (Lipinski definition) is 1. The molecule has 1 unspecified atom stereocenters. The van der Waals surface area contributed by atoms with Crippen LogP contribution in [0, 0.1) is 10.8 Å². The minimum Gasteiger partial charge on any atom is -0.748 e. The van der Waals surface area contributed by atoms with Crippen molar-refractivity contribution in [3.63, 3.8) is 0 Å². The van der Waals surface area contributed by atoms with Gasteiger partial charge in [-0.2, -0.15) is 0 Å². The van der Waals surface area contributed by atoms with Gasteiger partial charge in [0.05, 0.1) is 41.6 Å². The molecule has 0 bridgehead atoms. The van der Waals surface area contributed by atoms with Crippen LogP contribution in [0.2, 0.25) is 0 Å². The van der Waals surface area contributed by atoms with Crippen LogP contribution in [0.5, 0.6) is 0 Å². The molecule has 0 rings (SSSR count). The fourth-order valence-electron chi connectivity index (χ4n) is 2.76. The zero-order valence-electron chi connectivity index (χ0n) is 16.7. The molecule has 1 atom stereocenters. The molecule has 0 heterocycles. The molecule has 0 fully saturated rings. The lowest BCUT2D eigenvalue weighted by atomic mass is 9.72. The molecule has 26 heavy (non-hydrogen) atoms. The number of quaternary nitrogens is 1. The summed E-state index contributed by atoms with van der Waals surface area (Å²) in [6.45, 7) is 7.80. The maximum Gasteiger partial charge on any atom is 0.311 e. The van der Waals surface area contributed by atoms with E-state index < -0.39 is 38.6 Å². The van der Waals surface area contributed by atoms with Crippen LogP contribution in [0.4, 0.5) is 0 Å². The van der Waals surface area contributed by atoms with Crippen molar-refractivity contribution < 1.29 is 36.9 Å². The number of carboxylic acid groups (broad SMARTS) is 1. The summed E-state index contributed by atoms with van der Waals surface area (Å²) in [6, 6.07) is 0. The van der Waals surface area contributed by atoms with Crippen LogP contribution < -0.4 is 0 Å². The first kappa shape index (κ1) is 24.8. The normalized spacial score (nSPS) is 15.3. The second-order valence-corrected chi connectivity index (χ2v) is 9.94. The van der Waals surface area contributed by atoms with E-state index in [1.807, 2.05) is 14.1 Å². The van der Waals surface area contributed by atoms with Crippen LogP contribution in [-0.2, 0) is 24.4 Å². The van der Waals surface area contributed by atoms with E-state index >= 15 is 0 Å². The van der Waals surface area contributed by atoms with Gasteiger partial charge in [0.25, 0.3) is 0 Å². The third-order valence-corrected chi connectivity index (χ3v) is 5.56. The second-order valence-electron chi connectivity index (χ2n) is 8.41. The van der Waals surface area contributed by atoms with Crippen LogP contribution in [0.25, 0.3) is 0 Å². The lowest BCUT2D eigenvalue weighted by Crippen LogP contribution is -2.44. The van der Waals surface area contributed by atoms with Crippen LogP contribution in [0.1, 0.15) is 47.0 Å². The standard InChI is InChI=1S/C17H33NO7S/c1-7-17(4,14(19)20)13-16(2,3)15(21)25-11-10-18(5,6)9-8-12-26(22,23)24/h7-13H2,1-6H3,(H-,19,20,22,23,24). The monoisotopic (exact) mass is 395 g/mol. The fraction of sp³-hybridized carbons (Fsp3) is 0.882. The Balaban J connectivity index is 4.57. The molecule has 0 saturated carbocycles. The van der Waals surface area contributed by atoms with E-state index in [1.165, 1.54) is 0 Å². The lowest BCUT2D eigenvalue weighted by molar-refractivity contribution is -0.890. The van der Waals surface area contributed by atoms with Crippen LogP contribution in [-0.4, -0.2) is 74.0 Å². The fourth-order valence-corrected chi connectivity index (χ4v) is 3.24. The number of carboxylic acids is 1. The number of aliphatic carboxylic acids is 1. The zero-order valence-corrected chi connectivity index (χ0v) is 17.5. The molecular weight excluding hydrogens is 362 g/mol. The average Bonchev–Trinajstić information content (AvgIpc) is 2.44. The molecule has 0 aliphatic carbocycles. The largest absolute Gasteiger partial charge is 0.748 e. The number of nitrogens with zero attached hydrogens (tertiary/aromatic N) is 1. The smallest absolute Gasteiger partial charge is 0.311 e. The molecule has 0 saturated heterocycles. The summed E-state index contributed by atoms with van der Waals surface area (Å²) in [5.41, 5.74) is -1.93. The van der Waals surface area contributed by atoms with Crippen molar-refractivity contribution in [2.45, 2.75) is 47.0 Å². The molecular formula is C17H33NO7S. The summed E-state index contributed by atoms with van der Waals surface area (Å²) in [5.74, 6) is -1.81. The summed E-state index contributed by atoms with van der Waals surface area (Å²) >= 11 is 0. The molecule has 154 valence electrons. The van der Waals surface area contributed by atoms with Gasteiger partial charge in [0.15, 0.2) is 0 Å². The molecule has 0 spiro atoms. The van der Waals surface area contributed by atoms with Gasteiger partial charge in [-0.1, -0.05) is 6.92 Å². The van der Waals surface area contributed by atoms with Gasteiger partial charge in [-0.15, -0.1) is 0 Å². The summed E-state index contributed by atoms with van der Waals surface area (Å²) in [5, 5.41) is 9.38. The van der Waals surface area contributed by atoms with Crippen molar-refractivity contribution in [3.8, 4) is 0 Å². The van der Waals surface area contributed by atoms with Crippen molar-refractivity contribution in [2.24, 2.45) is 10.8 Å². The highest BCUT2D eigenvalue weighted by Crippen LogP contribution is 2.37. The first-order chi connectivity index (χ1) is 11.5. The van der Waals surface area contributed by atoms with E-state index in [2.05, 4.69) is 0 Å². The molecule has 1 N–H and O–H groups in total. The van der Waals surface area contributed by atoms with Crippen molar-refractivity contribution >= 4 is 22.1 Å². The predicted octanol–water partition coefficient (Wildman–Crippen LogP) is 1.46. The summed E-state index contributed by atoms with van der Waals surface area (Å²) in [6.07, 6.45) is 0.821. The quantitative estimate of drug-likeness (QED) is 0.302. The SMILES string of the molecule is CCC(C)(CC(C)(C)C(=O)OCC[N+](C)(C)CCCS(=O)(=O)[O-])C(=O)O. The van der Waals surface area contributed by atoms with Gasteiger partial charge in [-0.3, -0.25) is 9.59 Å². The van der Waals surface area contributed by atoms with Gasteiger partial charge >= 0.3 is 11.9 Å². The van der Waals surface area contributed by atoms with Gasteiger partial charge < -0.3 is 18.9 Å². The number of likely N-dealkylation sites (N-methyl/N-ethyl adjacent to an activating group) is 1. The lowest BCUT2D eigenvalue weighted by Gasteiger charge is -2.33. The van der Waals surface area contributed by atoms with Crippen LogP contribution in [0.15, 0.2) is 0 Å².